The van der Waals surface area contributed by atoms with Gasteiger partial charge < -0.3 is 10.8 Å². The van der Waals surface area contributed by atoms with Gasteiger partial charge >= 0.3 is 5.97 Å². The van der Waals surface area contributed by atoms with Crippen molar-refractivity contribution in [2.75, 3.05) is 31.1 Å². The van der Waals surface area contributed by atoms with Crippen molar-refractivity contribution in [2.24, 2.45) is 5.73 Å². The predicted molar refractivity (Wildman–Crippen MR) is 98.4 cm³/mol. The van der Waals surface area contributed by atoms with Crippen molar-refractivity contribution in [3.8, 4) is 0 Å². The molecule has 2 amide bonds. The number of nitrogens with two attached hydrogens (primary N) is 1. The van der Waals surface area contributed by atoms with Crippen LogP contribution >= 0.6 is 0 Å². The van der Waals surface area contributed by atoms with Crippen molar-refractivity contribution >= 4 is 29.3 Å². The Morgan fingerprint density at radius 3 is 2.33 bits per heavy atom. The van der Waals surface area contributed by atoms with Gasteiger partial charge in [-0.05, 0) is 43.5 Å². The molecule has 0 aliphatic carbocycles. The van der Waals surface area contributed by atoms with E-state index in [0.717, 1.165) is 24.2 Å². The van der Waals surface area contributed by atoms with Crippen molar-refractivity contribution in [3.05, 3.63) is 29.8 Å². The monoisotopic (exact) mass is 373 g/mol. The van der Waals surface area contributed by atoms with E-state index in [2.05, 4.69) is 0 Å². The summed E-state index contributed by atoms with van der Waals surface area (Å²) < 4.78 is 0. The number of benzene rings is 1. The molecule has 2 heterocycles. The quantitative estimate of drug-likeness (QED) is 0.377. The van der Waals surface area contributed by atoms with Crippen LogP contribution in [0.2, 0.25) is 0 Å². The SMILES string of the molecule is N=C(N)c1ccc(N2C(=O)CN(C3CCCCN3CC(=O)O)CC2=O)cc1. The lowest BCUT2D eigenvalue weighted by Crippen LogP contribution is -2.61. The number of rotatable bonds is 5. The molecule has 2 aliphatic rings. The minimum absolute atomic E-state index is 0.0565. The van der Waals surface area contributed by atoms with Crippen LogP contribution in [0.5, 0.6) is 0 Å². The van der Waals surface area contributed by atoms with Gasteiger partial charge in [0.2, 0.25) is 11.8 Å². The zero-order chi connectivity index (χ0) is 19.6. The summed E-state index contributed by atoms with van der Waals surface area (Å²) in [6, 6.07) is 6.39. The van der Waals surface area contributed by atoms with Gasteiger partial charge in [0.15, 0.2) is 0 Å². The Hall–Kier alpha value is -2.78. The molecule has 0 saturated carbocycles. The third-order valence-corrected chi connectivity index (χ3v) is 4.95. The molecule has 1 atom stereocenters. The molecule has 1 aromatic carbocycles. The largest absolute Gasteiger partial charge is 0.480 e. The maximum Gasteiger partial charge on any atom is 0.317 e. The molecule has 2 fully saturated rings. The number of amidine groups is 1. The number of carboxylic acid groups (broad SMARTS) is 1. The molecular formula is C18H23N5O4. The maximum atomic E-state index is 12.7. The van der Waals surface area contributed by atoms with E-state index in [1.165, 1.54) is 0 Å². The Bertz CT molecular complexity index is 746. The predicted octanol–water partition coefficient (Wildman–Crippen LogP) is 0.0425. The first-order chi connectivity index (χ1) is 12.9. The first-order valence-electron chi connectivity index (χ1n) is 8.87. The fourth-order valence-corrected chi connectivity index (χ4v) is 3.72. The van der Waals surface area contributed by atoms with Crippen LogP contribution in [-0.4, -0.2) is 70.9 Å². The molecule has 9 nitrogen and oxygen atoms in total. The van der Waals surface area contributed by atoms with E-state index in [1.807, 2.05) is 4.90 Å². The summed E-state index contributed by atoms with van der Waals surface area (Å²) in [7, 11) is 0. The van der Waals surface area contributed by atoms with Crippen LogP contribution in [0.3, 0.4) is 0 Å². The summed E-state index contributed by atoms with van der Waals surface area (Å²) in [5.41, 5.74) is 6.39. The number of aliphatic carboxylic acids is 1. The van der Waals surface area contributed by atoms with Crippen LogP contribution in [0.1, 0.15) is 24.8 Å². The summed E-state index contributed by atoms with van der Waals surface area (Å²) in [5.74, 6) is -1.69. The van der Waals surface area contributed by atoms with E-state index in [0.29, 0.717) is 17.8 Å². The molecule has 3 rings (SSSR count). The Morgan fingerprint density at radius 1 is 1.15 bits per heavy atom. The third kappa shape index (κ3) is 4.15. The van der Waals surface area contributed by atoms with Gasteiger partial charge in [-0.15, -0.1) is 0 Å². The van der Waals surface area contributed by atoms with E-state index < -0.39 is 5.97 Å². The first kappa shape index (κ1) is 19.0. The standard InChI is InChI=1S/C18H23N5O4/c19-18(20)12-4-6-13(7-5-12)23-15(24)9-22(10-16(23)25)14-3-1-2-8-21(14)11-17(26)27/h4-7,14H,1-3,8-11H2,(H3,19,20)(H,26,27). The molecule has 0 spiro atoms. The number of nitrogens with zero attached hydrogens (tertiary/aromatic N) is 3. The lowest BCUT2D eigenvalue weighted by molar-refractivity contribution is -0.142. The second-order valence-electron chi connectivity index (χ2n) is 6.83. The number of anilines is 1. The zero-order valence-electron chi connectivity index (χ0n) is 14.9. The van der Waals surface area contributed by atoms with Gasteiger partial charge in [-0.3, -0.25) is 29.6 Å². The number of carbonyl (C=O) groups is 3. The number of likely N-dealkylation sites (tertiary alicyclic amines) is 1. The summed E-state index contributed by atoms with van der Waals surface area (Å²) in [6.07, 6.45) is 2.37. The maximum absolute atomic E-state index is 12.7. The Kier molecular flexibility index (Phi) is 5.52. The second-order valence-corrected chi connectivity index (χ2v) is 6.83. The number of amides is 2. The highest BCUT2D eigenvalue weighted by atomic mass is 16.4. The summed E-state index contributed by atoms with van der Waals surface area (Å²) in [4.78, 5) is 41.2. The second kappa shape index (κ2) is 7.85. The number of nitrogen functional groups attached to an aromatic ring is 1. The van der Waals surface area contributed by atoms with Gasteiger partial charge in [0.05, 0.1) is 31.5 Å². The van der Waals surface area contributed by atoms with E-state index >= 15 is 0 Å². The number of piperidine rings is 1. The van der Waals surface area contributed by atoms with Gasteiger partial charge in [0, 0.05) is 12.1 Å². The zero-order valence-corrected chi connectivity index (χ0v) is 14.9. The van der Waals surface area contributed by atoms with E-state index in [4.69, 9.17) is 16.2 Å². The normalized spacial score (nSPS) is 22.1. The molecule has 2 saturated heterocycles. The van der Waals surface area contributed by atoms with Crippen LogP contribution in [0.15, 0.2) is 24.3 Å². The number of nitrogens with one attached hydrogen (secondary N) is 1. The molecule has 0 aromatic heterocycles. The van der Waals surface area contributed by atoms with Crippen LogP contribution < -0.4 is 10.6 Å². The van der Waals surface area contributed by atoms with E-state index in [9.17, 15) is 14.4 Å². The molecule has 0 bridgehead atoms. The molecular weight excluding hydrogens is 350 g/mol. The van der Waals surface area contributed by atoms with Crippen LogP contribution in [-0.2, 0) is 14.4 Å². The van der Waals surface area contributed by atoms with Crippen molar-refractivity contribution in [2.45, 2.75) is 25.4 Å². The lowest BCUT2D eigenvalue weighted by atomic mass is 10.1. The van der Waals surface area contributed by atoms with Gasteiger partial charge in [-0.2, -0.15) is 0 Å². The number of carboxylic acids is 1. The van der Waals surface area contributed by atoms with Gasteiger partial charge in [0.1, 0.15) is 5.84 Å². The number of imide groups is 1. The highest BCUT2D eigenvalue weighted by Crippen LogP contribution is 2.24. The van der Waals surface area contributed by atoms with Crippen molar-refractivity contribution in [1.82, 2.24) is 9.80 Å². The minimum atomic E-state index is -0.913. The Labute approximate surface area is 156 Å². The van der Waals surface area contributed by atoms with Gasteiger partial charge in [-0.25, -0.2) is 4.90 Å². The van der Waals surface area contributed by atoms with E-state index in [1.54, 1.807) is 29.2 Å². The molecule has 2 aliphatic heterocycles. The van der Waals surface area contributed by atoms with Crippen molar-refractivity contribution in [1.29, 1.82) is 5.41 Å². The number of carbonyl (C=O) groups excluding carboxylic acids is 2. The molecule has 0 radical (unpaired) electrons. The minimum Gasteiger partial charge on any atom is -0.480 e. The number of piperazine rings is 1. The van der Waals surface area contributed by atoms with E-state index in [-0.39, 0.29) is 43.5 Å². The molecule has 27 heavy (non-hydrogen) atoms. The molecule has 1 aromatic rings. The fraction of sp³-hybridized carbons (Fsp3) is 0.444. The van der Waals surface area contributed by atoms with Crippen molar-refractivity contribution < 1.29 is 19.5 Å². The Morgan fingerprint density at radius 2 is 1.78 bits per heavy atom. The fourth-order valence-electron chi connectivity index (χ4n) is 3.72. The van der Waals surface area contributed by atoms with Gasteiger partial charge in [-0.1, -0.05) is 0 Å². The van der Waals surface area contributed by atoms with Crippen molar-refractivity contribution in [3.63, 3.8) is 0 Å². The average Bonchev–Trinajstić information content (AvgIpc) is 2.61. The smallest absolute Gasteiger partial charge is 0.317 e. The highest BCUT2D eigenvalue weighted by molar-refractivity contribution is 6.17. The van der Waals surface area contributed by atoms with Crippen LogP contribution in [0.4, 0.5) is 5.69 Å². The number of hydrogen-bond acceptors (Lipinski definition) is 6. The summed E-state index contributed by atoms with van der Waals surface area (Å²) in [6.45, 7) is 0.661. The molecule has 1 unspecified atom stereocenters. The topological polar surface area (TPSA) is 131 Å². The highest BCUT2D eigenvalue weighted by Gasteiger charge is 2.38. The average molecular weight is 373 g/mol. The summed E-state index contributed by atoms with van der Waals surface area (Å²) >= 11 is 0. The number of hydrogen-bond donors (Lipinski definition) is 3. The Balaban J connectivity index is 1.74. The molecule has 144 valence electrons. The van der Waals surface area contributed by atoms with Gasteiger partial charge in [0.25, 0.3) is 0 Å². The first-order valence-corrected chi connectivity index (χ1v) is 8.87. The molecule has 9 heteroatoms. The van der Waals surface area contributed by atoms with Crippen LogP contribution in [0.25, 0.3) is 0 Å². The van der Waals surface area contributed by atoms with Crippen LogP contribution in [0, 0.1) is 5.41 Å². The third-order valence-electron chi connectivity index (χ3n) is 4.95. The molecule has 4 N–H and O–H groups in total. The lowest BCUT2D eigenvalue weighted by Gasteiger charge is -2.44. The summed E-state index contributed by atoms with van der Waals surface area (Å²) in [5, 5.41) is 16.5.